The zero-order valence-corrected chi connectivity index (χ0v) is 11.2. The number of aliphatic carboxylic acids is 1. The maximum atomic E-state index is 13.1. The molecule has 1 aliphatic rings. The topological polar surface area (TPSA) is 37.3 Å². The van der Waals surface area contributed by atoms with Gasteiger partial charge in [-0.05, 0) is 37.0 Å². The highest BCUT2D eigenvalue weighted by molar-refractivity contribution is 8.01. The van der Waals surface area contributed by atoms with Crippen LogP contribution >= 0.6 is 11.8 Å². The van der Waals surface area contributed by atoms with Crippen molar-refractivity contribution in [2.45, 2.75) is 42.2 Å². The quantitative estimate of drug-likeness (QED) is 0.878. The number of hydrogen-bond acceptors (Lipinski definition) is 2. The molecular formula is C14H17FO2S. The lowest BCUT2D eigenvalue weighted by Crippen LogP contribution is -2.47. The summed E-state index contributed by atoms with van der Waals surface area (Å²) in [6.45, 7) is 2.11. The number of carboxylic acids is 1. The first kappa shape index (κ1) is 13.4. The van der Waals surface area contributed by atoms with Gasteiger partial charge in [-0.25, -0.2) is 4.39 Å². The molecule has 0 spiro atoms. The van der Waals surface area contributed by atoms with E-state index in [4.69, 9.17) is 0 Å². The van der Waals surface area contributed by atoms with E-state index in [1.807, 2.05) is 0 Å². The summed E-state index contributed by atoms with van der Waals surface area (Å²) in [5.74, 6) is -0.582. The Kier molecular flexibility index (Phi) is 3.95. The molecule has 1 aromatic rings. The molecule has 4 heteroatoms. The molecule has 0 unspecified atom stereocenters. The summed E-state index contributed by atoms with van der Waals surface area (Å²) in [7, 11) is 0. The highest BCUT2D eigenvalue weighted by Crippen LogP contribution is 2.52. The van der Waals surface area contributed by atoms with E-state index in [9.17, 15) is 14.3 Å². The van der Waals surface area contributed by atoms with E-state index in [0.717, 1.165) is 12.8 Å². The Morgan fingerprint density at radius 1 is 1.56 bits per heavy atom. The van der Waals surface area contributed by atoms with Crippen LogP contribution in [0.4, 0.5) is 4.39 Å². The highest BCUT2D eigenvalue weighted by Gasteiger charge is 2.50. The van der Waals surface area contributed by atoms with Crippen molar-refractivity contribution in [2.75, 3.05) is 0 Å². The molecule has 98 valence electrons. The minimum Gasteiger partial charge on any atom is -0.480 e. The van der Waals surface area contributed by atoms with Gasteiger partial charge in [0.1, 0.15) is 10.6 Å². The Labute approximate surface area is 111 Å². The molecule has 0 amide bonds. The number of rotatable bonds is 5. The smallest absolute Gasteiger partial charge is 0.320 e. The molecule has 1 saturated carbocycles. The number of hydrogen-bond donors (Lipinski definition) is 1. The number of carbonyl (C=O) groups is 1. The zero-order valence-electron chi connectivity index (χ0n) is 10.4. The summed E-state index contributed by atoms with van der Waals surface area (Å²) in [4.78, 5) is 12.1. The van der Waals surface area contributed by atoms with E-state index in [-0.39, 0.29) is 5.82 Å². The Hall–Kier alpha value is -1.03. The molecule has 1 aromatic carbocycles. The van der Waals surface area contributed by atoms with Crippen LogP contribution in [-0.2, 0) is 4.79 Å². The number of thioether (sulfide) groups is 1. The molecule has 2 nitrogen and oxygen atoms in total. The van der Waals surface area contributed by atoms with E-state index in [2.05, 4.69) is 6.92 Å². The molecule has 1 fully saturated rings. The normalized spacial score (nSPS) is 26.7. The van der Waals surface area contributed by atoms with E-state index in [1.165, 1.54) is 23.9 Å². The Morgan fingerprint density at radius 2 is 2.28 bits per heavy atom. The van der Waals surface area contributed by atoms with Gasteiger partial charge in [0.2, 0.25) is 0 Å². The van der Waals surface area contributed by atoms with Gasteiger partial charge < -0.3 is 5.11 Å². The average molecular weight is 268 g/mol. The van der Waals surface area contributed by atoms with Crippen molar-refractivity contribution in [3.05, 3.63) is 30.1 Å². The van der Waals surface area contributed by atoms with Crippen LogP contribution in [0.25, 0.3) is 0 Å². The minimum atomic E-state index is -0.774. The third kappa shape index (κ3) is 2.69. The predicted octanol–water partition coefficient (Wildman–Crippen LogP) is 3.95. The lowest BCUT2D eigenvalue weighted by atomic mass is 9.72. The number of halogens is 1. The first-order valence-corrected chi connectivity index (χ1v) is 7.05. The molecular weight excluding hydrogens is 251 g/mol. The van der Waals surface area contributed by atoms with Crippen LogP contribution in [0.15, 0.2) is 29.2 Å². The standard InChI is InChI=1S/C14H17FO2S/c1-2-4-10-8-14(9-10,13(16)17)18-12-6-3-5-11(15)7-12/h3,5-7,10H,2,4,8-9H2,1H3,(H,16,17). The fourth-order valence-electron chi connectivity index (χ4n) is 2.54. The van der Waals surface area contributed by atoms with E-state index in [0.29, 0.717) is 23.7 Å². The van der Waals surface area contributed by atoms with Crippen molar-refractivity contribution in [1.29, 1.82) is 0 Å². The molecule has 0 bridgehead atoms. The van der Waals surface area contributed by atoms with Gasteiger partial charge in [0.15, 0.2) is 0 Å². The molecule has 1 aliphatic carbocycles. The van der Waals surface area contributed by atoms with Gasteiger partial charge in [0.25, 0.3) is 0 Å². The molecule has 0 radical (unpaired) electrons. The summed E-state index contributed by atoms with van der Waals surface area (Å²) in [5.41, 5.74) is 0. The maximum absolute atomic E-state index is 13.1. The largest absolute Gasteiger partial charge is 0.480 e. The first-order chi connectivity index (χ1) is 8.55. The molecule has 18 heavy (non-hydrogen) atoms. The lowest BCUT2D eigenvalue weighted by Gasteiger charge is -2.43. The summed E-state index contributed by atoms with van der Waals surface area (Å²) in [6, 6.07) is 6.17. The monoisotopic (exact) mass is 268 g/mol. The van der Waals surface area contributed by atoms with Crippen LogP contribution in [0.2, 0.25) is 0 Å². The predicted molar refractivity (Wildman–Crippen MR) is 70.3 cm³/mol. The van der Waals surface area contributed by atoms with E-state index in [1.54, 1.807) is 12.1 Å². The van der Waals surface area contributed by atoms with Crippen molar-refractivity contribution in [2.24, 2.45) is 5.92 Å². The lowest BCUT2D eigenvalue weighted by molar-refractivity contribution is -0.143. The summed E-state index contributed by atoms with van der Waals surface area (Å²) >= 11 is 1.29. The fraction of sp³-hybridized carbons (Fsp3) is 0.500. The van der Waals surface area contributed by atoms with E-state index >= 15 is 0 Å². The molecule has 0 atom stereocenters. The molecule has 0 aromatic heterocycles. The maximum Gasteiger partial charge on any atom is 0.320 e. The van der Waals surface area contributed by atoms with E-state index < -0.39 is 10.7 Å². The van der Waals surface area contributed by atoms with Crippen molar-refractivity contribution in [3.8, 4) is 0 Å². The van der Waals surface area contributed by atoms with Gasteiger partial charge >= 0.3 is 5.97 Å². The molecule has 0 saturated heterocycles. The van der Waals surface area contributed by atoms with Gasteiger partial charge in [-0.15, -0.1) is 11.8 Å². The second-order valence-electron chi connectivity index (χ2n) is 4.92. The van der Waals surface area contributed by atoms with Gasteiger partial charge in [-0.2, -0.15) is 0 Å². The minimum absolute atomic E-state index is 0.315. The molecule has 0 heterocycles. The SMILES string of the molecule is CCCC1CC(Sc2cccc(F)c2)(C(=O)O)C1. The second kappa shape index (κ2) is 5.31. The Morgan fingerprint density at radius 3 is 2.83 bits per heavy atom. The van der Waals surface area contributed by atoms with Crippen LogP contribution in [0.5, 0.6) is 0 Å². The summed E-state index contributed by atoms with van der Waals surface area (Å²) in [6.07, 6.45) is 3.55. The highest BCUT2D eigenvalue weighted by atomic mass is 32.2. The van der Waals surface area contributed by atoms with Gasteiger partial charge in [-0.1, -0.05) is 25.8 Å². The number of carboxylic acid groups (broad SMARTS) is 1. The van der Waals surface area contributed by atoms with Crippen LogP contribution in [0.3, 0.4) is 0 Å². The Bertz CT molecular complexity index is 441. The van der Waals surface area contributed by atoms with Gasteiger partial charge in [0.05, 0.1) is 0 Å². The Balaban J connectivity index is 2.07. The second-order valence-corrected chi connectivity index (χ2v) is 6.38. The summed E-state index contributed by atoms with van der Waals surface area (Å²) in [5, 5.41) is 9.39. The third-order valence-corrected chi connectivity index (χ3v) is 4.82. The van der Waals surface area contributed by atoms with Gasteiger partial charge in [-0.3, -0.25) is 4.79 Å². The van der Waals surface area contributed by atoms with Crippen molar-refractivity contribution >= 4 is 17.7 Å². The number of benzene rings is 1. The van der Waals surface area contributed by atoms with Crippen LogP contribution in [-0.4, -0.2) is 15.8 Å². The molecule has 1 N–H and O–H groups in total. The van der Waals surface area contributed by atoms with Crippen LogP contribution in [0.1, 0.15) is 32.6 Å². The van der Waals surface area contributed by atoms with Crippen molar-refractivity contribution < 1.29 is 14.3 Å². The van der Waals surface area contributed by atoms with Crippen molar-refractivity contribution in [1.82, 2.24) is 0 Å². The molecule has 0 aliphatic heterocycles. The summed E-state index contributed by atoms with van der Waals surface area (Å²) < 4.78 is 12.4. The van der Waals surface area contributed by atoms with Crippen LogP contribution in [0, 0.1) is 11.7 Å². The average Bonchev–Trinajstić information content (AvgIpc) is 2.25. The fourth-order valence-corrected chi connectivity index (χ4v) is 4.04. The molecule has 2 rings (SSSR count). The zero-order chi connectivity index (χ0) is 13.2. The third-order valence-electron chi connectivity index (χ3n) is 3.43. The first-order valence-electron chi connectivity index (χ1n) is 6.24. The van der Waals surface area contributed by atoms with Crippen molar-refractivity contribution in [3.63, 3.8) is 0 Å². The van der Waals surface area contributed by atoms with Crippen LogP contribution < -0.4 is 0 Å². The van der Waals surface area contributed by atoms with Gasteiger partial charge in [0, 0.05) is 4.90 Å².